The molecule has 50 heavy (non-hydrogen) atoms. The number of hydrogen-bond donors (Lipinski definition) is 2. The summed E-state index contributed by atoms with van der Waals surface area (Å²) in [6.07, 6.45) is -4.74. The zero-order valence-electron chi connectivity index (χ0n) is 29.3. The molecule has 15 nitrogen and oxygen atoms in total. The molecule has 0 radical (unpaired) electrons. The number of fused-ring (bicyclic) bond motifs is 5. The monoisotopic (exact) mass is 704 g/mol. The fraction of sp³-hybridized carbons (Fsp3) is 0.714. The summed E-state index contributed by atoms with van der Waals surface area (Å²) in [7, 11) is 1.11. The summed E-state index contributed by atoms with van der Waals surface area (Å²) in [4.78, 5) is 78.3. The number of hydrogen-bond acceptors (Lipinski definition) is 15. The zero-order valence-corrected chi connectivity index (χ0v) is 29.3. The minimum atomic E-state index is -2.23. The van der Waals surface area contributed by atoms with Gasteiger partial charge in [0.1, 0.15) is 30.0 Å². The van der Waals surface area contributed by atoms with Gasteiger partial charge in [0.15, 0.2) is 0 Å². The lowest BCUT2D eigenvalue weighted by Gasteiger charge is -2.72. The van der Waals surface area contributed by atoms with Crippen molar-refractivity contribution in [3.8, 4) is 0 Å². The van der Waals surface area contributed by atoms with Crippen molar-refractivity contribution in [3.05, 3.63) is 24.2 Å². The standard InChI is InChI=1S/C35H44O15/c1-15(36)46-22-11-21-33(7)26(25(30(41)44-8)47-16(2)37)31(5)14-34(33,42)24(28(31)48-17(3)38)29(49-18(4)39)35(21,43)20-12-23(40)50-27(32(20,22)6)19-9-10-45-13-19/h9-10,13,20-22,24-29,42-43H,11-12,14H2,1-8H3. The summed E-state index contributed by atoms with van der Waals surface area (Å²) in [5, 5.41) is 26.8. The number of carbonyl (C=O) groups is 6. The van der Waals surface area contributed by atoms with Gasteiger partial charge in [-0.3, -0.25) is 24.0 Å². The van der Waals surface area contributed by atoms with Crippen LogP contribution < -0.4 is 0 Å². The molecule has 1 saturated heterocycles. The Morgan fingerprint density at radius 1 is 0.900 bits per heavy atom. The molecule has 15 heteroatoms. The predicted octanol–water partition coefficient (Wildman–Crippen LogP) is 1.95. The third-order valence-electron chi connectivity index (χ3n) is 12.9. The van der Waals surface area contributed by atoms with E-state index in [0.717, 1.165) is 27.9 Å². The van der Waals surface area contributed by atoms with Crippen molar-refractivity contribution in [2.24, 2.45) is 39.9 Å². The summed E-state index contributed by atoms with van der Waals surface area (Å²) < 4.78 is 40.0. The summed E-state index contributed by atoms with van der Waals surface area (Å²) in [5.41, 5.74) is -8.13. The lowest BCUT2D eigenvalue weighted by atomic mass is 9.36. The second kappa shape index (κ2) is 11.5. The lowest BCUT2D eigenvalue weighted by Crippen LogP contribution is -2.83. The predicted molar refractivity (Wildman–Crippen MR) is 164 cm³/mol. The first-order chi connectivity index (χ1) is 23.2. The van der Waals surface area contributed by atoms with Crippen LogP contribution in [0.2, 0.25) is 0 Å². The van der Waals surface area contributed by atoms with Crippen LogP contribution in [0.5, 0.6) is 0 Å². The van der Waals surface area contributed by atoms with Crippen LogP contribution in [0.15, 0.2) is 23.0 Å². The second-order valence-electron chi connectivity index (χ2n) is 15.3. The molecular formula is C35H44O15. The number of methoxy groups -OCH3 is 1. The van der Waals surface area contributed by atoms with E-state index in [9.17, 15) is 39.0 Å². The van der Waals surface area contributed by atoms with E-state index in [4.69, 9.17) is 32.8 Å². The average Bonchev–Trinajstić information content (AvgIpc) is 3.66. The first-order valence-corrected chi connectivity index (χ1v) is 16.7. The fourth-order valence-corrected chi connectivity index (χ4v) is 11.6. The van der Waals surface area contributed by atoms with Gasteiger partial charge in [-0.25, -0.2) is 4.79 Å². The van der Waals surface area contributed by atoms with E-state index in [2.05, 4.69) is 0 Å². The molecule has 1 aliphatic heterocycles. The van der Waals surface area contributed by atoms with E-state index in [1.807, 2.05) is 0 Å². The molecule has 14 atom stereocenters. The normalized spacial score (nSPS) is 44.5. The molecule has 0 amide bonds. The quantitative estimate of drug-likeness (QED) is 0.307. The summed E-state index contributed by atoms with van der Waals surface area (Å²) in [6, 6.07) is 1.58. The minimum absolute atomic E-state index is 0.136. The Bertz CT molecular complexity index is 1620. The molecule has 2 N–H and O–H groups in total. The van der Waals surface area contributed by atoms with Crippen LogP contribution in [0.3, 0.4) is 0 Å². The third kappa shape index (κ3) is 4.54. The molecule has 14 unspecified atom stereocenters. The Labute approximate surface area is 288 Å². The average molecular weight is 705 g/mol. The molecule has 4 aliphatic carbocycles. The van der Waals surface area contributed by atoms with E-state index in [1.165, 1.54) is 19.5 Å². The van der Waals surface area contributed by atoms with Crippen LogP contribution in [0.4, 0.5) is 0 Å². The number of furan rings is 1. The van der Waals surface area contributed by atoms with Gasteiger partial charge in [0.05, 0.1) is 43.0 Å². The molecule has 1 aromatic heterocycles. The summed E-state index contributed by atoms with van der Waals surface area (Å²) >= 11 is 0. The van der Waals surface area contributed by atoms with Gasteiger partial charge in [-0.1, -0.05) is 20.8 Å². The molecule has 5 fully saturated rings. The molecular weight excluding hydrogens is 660 g/mol. The highest BCUT2D eigenvalue weighted by atomic mass is 16.6. The lowest BCUT2D eigenvalue weighted by molar-refractivity contribution is -0.369. The molecule has 2 bridgehead atoms. The third-order valence-corrected chi connectivity index (χ3v) is 12.9. The molecule has 0 spiro atoms. The van der Waals surface area contributed by atoms with Crippen molar-refractivity contribution in [2.75, 3.05) is 7.11 Å². The highest BCUT2D eigenvalue weighted by molar-refractivity contribution is 5.80. The SMILES string of the molecule is COC(=O)C(OC(C)=O)C1C2(C)CC3(O)C(C2OC(C)=O)C(OC(C)=O)C2(O)C4CC(=O)OC(c5ccoc5)C4(C)C(OC(C)=O)CC2C13C. The number of rotatable bonds is 7. The Kier molecular flexibility index (Phi) is 8.26. The van der Waals surface area contributed by atoms with Crippen molar-refractivity contribution in [2.45, 2.75) is 109 Å². The number of cyclic esters (lactones) is 1. The van der Waals surface area contributed by atoms with Gasteiger partial charge in [0.2, 0.25) is 6.10 Å². The Hall–Kier alpha value is -3.98. The number of aliphatic hydroxyl groups is 2. The molecule has 5 aliphatic rings. The number of esters is 6. The first-order valence-electron chi connectivity index (χ1n) is 16.7. The summed E-state index contributed by atoms with van der Waals surface area (Å²) in [6.45, 7) is 9.64. The number of ether oxygens (including phenoxy) is 6. The molecule has 274 valence electrons. The first kappa shape index (κ1) is 35.8. The van der Waals surface area contributed by atoms with E-state index >= 15 is 0 Å². The van der Waals surface area contributed by atoms with Crippen LogP contribution in [0, 0.1) is 39.9 Å². The second-order valence-corrected chi connectivity index (χ2v) is 15.3. The van der Waals surface area contributed by atoms with Crippen LogP contribution in [0.1, 0.15) is 79.4 Å². The van der Waals surface area contributed by atoms with Crippen molar-refractivity contribution >= 4 is 35.8 Å². The van der Waals surface area contributed by atoms with Crippen molar-refractivity contribution in [1.29, 1.82) is 0 Å². The van der Waals surface area contributed by atoms with Gasteiger partial charge >= 0.3 is 35.8 Å². The summed E-state index contributed by atoms with van der Waals surface area (Å²) in [5.74, 6) is -9.62. The van der Waals surface area contributed by atoms with Gasteiger partial charge < -0.3 is 43.1 Å². The highest BCUT2D eigenvalue weighted by Crippen LogP contribution is 2.81. The molecule has 1 aromatic rings. The maximum absolute atomic E-state index is 13.7. The number of carbonyl (C=O) groups excluding carboxylic acids is 6. The van der Waals surface area contributed by atoms with Crippen LogP contribution >= 0.6 is 0 Å². The van der Waals surface area contributed by atoms with E-state index in [0.29, 0.717) is 5.56 Å². The Balaban J connectivity index is 1.68. The Morgan fingerprint density at radius 3 is 2.06 bits per heavy atom. The minimum Gasteiger partial charge on any atom is -0.472 e. The van der Waals surface area contributed by atoms with E-state index < -0.39 is 124 Å². The van der Waals surface area contributed by atoms with Crippen molar-refractivity contribution in [1.82, 2.24) is 0 Å². The largest absolute Gasteiger partial charge is 0.472 e. The fourth-order valence-electron chi connectivity index (χ4n) is 11.6. The van der Waals surface area contributed by atoms with Gasteiger partial charge in [-0.05, 0) is 18.9 Å². The van der Waals surface area contributed by atoms with Crippen LogP contribution in [0.25, 0.3) is 0 Å². The van der Waals surface area contributed by atoms with E-state index in [1.54, 1.807) is 26.8 Å². The van der Waals surface area contributed by atoms with Crippen molar-refractivity contribution in [3.63, 3.8) is 0 Å². The van der Waals surface area contributed by atoms with Crippen molar-refractivity contribution < 1.29 is 71.8 Å². The molecule has 6 rings (SSSR count). The van der Waals surface area contributed by atoms with Gasteiger partial charge in [0, 0.05) is 61.8 Å². The zero-order chi connectivity index (χ0) is 36.9. The van der Waals surface area contributed by atoms with Gasteiger partial charge in [-0.2, -0.15) is 0 Å². The smallest absolute Gasteiger partial charge is 0.347 e. The van der Waals surface area contributed by atoms with E-state index in [-0.39, 0.29) is 12.8 Å². The molecule has 2 heterocycles. The Morgan fingerprint density at radius 2 is 1.52 bits per heavy atom. The van der Waals surface area contributed by atoms with Crippen LogP contribution in [-0.2, 0) is 57.2 Å². The topological polar surface area (TPSA) is 211 Å². The maximum atomic E-state index is 13.7. The molecule has 0 aromatic carbocycles. The van der Waals surface area contributed by atoms with Gasteiger partial charge in [-0.15, -0.1) is 0 Å². The van der Waals surface area contributed by atoms with Crippen LogP contribution in [-0.4, -0.2) is 88.8 Å². The van der Waals surface area contributed by atoms with Gasteiger partial charge in [0.25, 0.3) is 0 Å². The molecule has 4 saturated carbocycles. The maximum Gasteiger partial charge on any atom is 0.347 e. The highest BCUT2D eigenvalue weighted by Gasteiger charge is 2.90.